The molecule has 0 aliphatic rings. The number of methoxy groups -OCH3 is 1. The van der Waals surface area contributed by atoms with Gasteiger partial charge in [-0.15, -0.1) is 0 Å². The fourth-order valence-electron chi connectivity index (χ4n) is 5.09. The lowest BCUT2D eigenvalue weighted by molar-refractivity contribution is -0.116. The van der Waals surface area contributed by atoms with Gasteiger partial charge in [0.1, 0.15) is 17.9 Å². The van der Waals surface area contributed by atoms with Gasteiger partial charge < -0.3 is 25.3 Å². The first kappa shape index (κ1) is 23.6. The normalized spacial score (nSPS) is 11.3. The molecule has 5 rings (SSSR count). The second kappa shape index (κ2) is 9.87. The van der Waals surface area contributed by atoms with Crippen LogP contribution >= 0.6 is 0 Å². The van der Waals surface area contributed by atoms with Crippen LogP contribution in [0.4, 0.5) is 5.69 Å². The summed E-state index contributed by atoms with van der Waals surface area (Å²) in [5, 5.41) is 5.19. The number of aromatic amines is 1. The van der Waals surface area contributed by atoms with Crippen molar-refractivity contribution in [2.75, 3.05) is 12.4 Å². The number of fused-ring (bicyclic) bond motifs is 2. The van der Waals surface area contributed by atoms with Crippen LogP contribution in [0.25, 0.3) is 33.2 Å². The smallest absolute Gasteiger partial charge is 0.244 e. The highest BCUT2D eigenvalue weighted by Gasteiger charge is 2.17. The van der Waals surface area contributed by atoms with E-state index in [-0.39, 0.29) is 12.5 Å². The van der Waals surface area contributed by atoms with Gasteiger partial charge in [0.05, 0.1) is 7.11 Å². The molecule has 7 heteroatoms. The van der Waals surface area contributed by atoms with E-state index in [9.17, 15) is 4.79 Å². The van der Waals surface area contributed by atoms with Crippen LogP contribution in [0.2, 0.25) is 0 Å². The van der Waals surface area contributed by atoms with Gasteiger partial charge in [0.25, 0.3) is 0 Å². The maximum Gasteiger partial charge on any atom is 0.244 e. The zero-order chi connectivity index (χ0) is 25.2. The van der Waals surface area contributed by atoms with Gasteiger partial charge in [0, 0.05) is 52.2 Å². The minimum absolute atomic E-state index is 0.0789. The highest BCUT2D eigenvalue weighted by atomic mass is 16.5. The Labute approximate surface area is 210 Å². The van der Waals surface area contributed by atoms with Crippen molar-refractivity contribution in [2.45, 2.75) is 39.8 Å². The second-order valence-electron chi connectivity index (χ2n) is 8.87. The topological polar surface area (TPSA) is 98.0 Å². The van der Waals surface area contributed by atoms with Crippen LogP contribution < -0.4 is 15.8 Å². The standard InChI is InChI=1S/C29H31N5O2/c1-4-21-19(15-30)8-10-25(22(21)5-2)32-28(35)17-34-16-24(23-14-20(36-3)9-11-27(23)34)26-13-18-7-6-12-31-29(18)33-26/h6-14,16H,4-5,15,17,30H2,1-3H3,(H,31,33)(H,32,35). The number of H-pyrrole nitrogens is 1. The van der Waals surface area contributed by atoms with E-state index in [4.69, 9.17) is 10.5 Å². The van der Waals surface area contributed by atoms with Crippen molar-refractivity contribution in [1.29, 1.82) is 0 Å². The number of ether oxygens (including phenoxy) is 1. The van der Waals surface area contributed by atoms with Gasteiger partial charge in [-0.2, -0.15) is 0 Å². The van der Waals surface area contributed by atoms with E-state index in [1.165, 1.54) is 5.56 Å². The molecule has 0 atom stereocenters. The molecule has 2 aromatic carbocycles. The van der Waals surface area contributed by atoms with E-state index >= 15 is 0 Å². The molecule has 3 aromatic heterocycles. The Kier molecular flexibility index (Phi) is 6.48. The highest BCUT2D eigenvalue weighted by molar-refractivity contribution is 6.00. The van der Waals surface area contributed by atoms with Crippen molar-refractivity contribution >= 4 is 33.5 Å². The fraction of sp³-hybridized carbons (Fsp3) is 0.241. The number of amides is 1. The minimum atomic E-state index is -0.0789. The Hall–Kier alpha value is -4.10. The first-order valence-electron chi connectivity index (χ1n) is 12.3. The molecule has 5 aromatic rings. The number of hydrogen-bond acceptors (Lipinski definition) is 4. The number of hydrogen-bond donors (Lipinski definition) is 3. The average Bonchev–Trinajstić information content (AvgIpc) is 3.49. The van der Waals surface area contributed by atoms with Crippen molar-refractivity contribution < 1.29 is 9.53 Å². The molecule has 3 heterocycles. The lowest BCUT2D eigenvalue weighted by Crippen LogP contribution is -2.20. The number of benzene rings is 2. The average molecular weight is 482 g/mol. The van der Waals surface area contributed by atoms with Crippen LogP contribution in [0, 0.1) is 0 Å². The zero-order valence-corrected chi connectivity index (χ0v) is 20.9. The fourth-order valence-corrected chi connectivity index (χ4v) is 5.09. The Morgan fingerprint density at radius 1 is 1.11 bits per heavy atom. The van der Waals surface area contributed by atoms with E-state index in [1.54, 1.807) is 13.3 Å². The summed E-state index contributed by atoms with van der Waals surface area (Å²) in [4.78, 5) is 21.1. The lowest BCUT2D eigenvalue weighted by atomic mass is 9.95. The number of carbonyl (C=O) groups excluding carboxylic acids is 1. The molecule has 184 valence electrons. The molecule has 0 saturated heterocycles. The largest absolute Gasteiger partial charge is 0.497 e. The number of pyridine rings is 1. The van der Waals surface area contributed by atoms with Crippen molar-refractivity contribution in [1.82, 2.24) is 14.5 Å². The van der Waals surface area contributed by atoms with Crippen molar-refractivity contribution in [3.05, 3.63) is 77.6 Å². The molecule has 0 spiro atoms. The summed E-state index contributed by atoms with van der Waals surface area (Å²) in [6.07, 6.45) is 5.50. The van der Waals surface area contributed by atoms with Crippen LogP contribution in [0.3, 0.4) is 0 Å². The van der Waals surface area contributed by atoms with Gasteiger partial charge in [0.15, 0.2) is 0 Å². The Morgan fingerprint density at radius 3 is 2.67 bits per heavy atom. The minimum Gasteiger partial charge on any atom is -0.497 e. The van der Waals surface area contributed by atoms with Gasteiger partial charge >= 0.3 is 0 Å². The van der Waals surface area contributed by atoms with Crippen LogP contribution in [-0.4, -0.2) is 27.6 Å². The number of nitrogens with two attached hydrogens (primary N) is 1. The van der Waals surface area contributed by atoms with E-state index in [0.717, 1.165) is 68.6 Å². The molecule has 0 bridgehead atoms. The second-order valence-corrected chi connectivity index (χ2v) is 8.87. The number of nitrogens with one attached hydrogen (secondary N) is 2. The van der Waals surface area contributed by atoms with E-state index < -0.39 is 0 Å². The van der Waals surface area contributed by atoms with Gasteiger partial charge in [-0.25, -0.2) is 4.98 Å². The molecule has 4 N–H and O–H groups in total. The maximum atomic E-state index is 13.3. The zero-order valence-electron chi connectivity index (χ0n) is 20.9. The monoisotopic (exact) mass is 481 g/mol. The Balaban J connectivity index is 1.51. The van der Waals surface area contributed by atoms with Gasteiger partial charge in [-0.1, -0.05) is 19.9 Å². The third-order valence-corrected chi connectivity index (χ3v) is 6.81. The quantitative estimate of drug-likeness (QED) is 0.276. The molecular weight excluding hydrogens is 450 g/mol. The van der Waals surface area contributed by atoms with Gasteiger partial charge in [0.2, 0.25) is 5.91 Å². The molecule has 0 unspecified atom stereocenters. The summed E-state index contributed by atoms with van der Waals surface area (Å²) in [6, 6.07) is 15.9. The lowest BCUT2D eigenvalue weighted by Gasteiger charge is -2.17. The van der Waals surface area contributed by atoms with Crippen molar-refractivity contribution in [3.8, 4) is 17.0 Å². The van der Waals surface area contributed by atoms with E-state index in [0.29, 0.717) is 6.54 Å². The van der Waals surface area contributed by atoms with Gasteiger partial charge in [-0.05, 0) is 72.0 Å². The third-order valence-electron chi connectivity index (χ3n) is 6.81. The SMILES string of the molecule is CCc1c(CN)ccc(NC(=O)Cn2cc(-c3cc4cccnc4[nH]3)c3cc(OC)ccc32)c1CC. The molecular formula is C29H31N5O2. The summed E-state index contributed by atoms with van der Waals surface area (Å²) in [5.41, 5.74) is 14.0. The molecule has 1 amide bonds. The van der Waals surface area contributed by atoms with Crippen LogP contribution in [0.5, 0.6) is 5.75 Å². The summed E-state index contributed by atoms with van der Waals surface area (Å²) >= 11 is 0. The van der Waals surface area contributed by atoms with E-state index in [1.807, 2.05) is 53.2 Å². The Morgan fingerprint density at radius 2 is 1.94 bits per heavy atom. The van der Waals surface area contributed by atoms with Crippen molar-refractivity contribution in [3.63, 3.8) is 0 Å². The molecule has 7 nitrogen and oxygen atoms in total. The van der Waals surface area contributed by atoms with Crippen LogP contribution in [0.15, 0.2) is 60.9 Å². The highest BCUT2D eigenvalue weighted by Crippen LogP contribution is 2.34. The van der Waals surface area contributed by atoms with E-state index in [2.05, 4.69) is 35.2 Å². The first-order chi connectivity index (χ1) is 17.6. The molecule has 0 saturated carbocycles. The summed E-state index contributed by atoms with van der Waals surface area (Å²) < 4.78 is 7.47. The number of rotatable bonds is 8. The predicted octanol–water partition coefficient (Wildman–Crippen LogP) is 5.42. The molecule has 0 aliphatic carbocycles. The molecule has 0 aliphatic heterocycles. The molecule has 36 heavy (non-hydrogen) atoms. The summed E-state index contributed by atoms with van der Waals surface area (Å²) in [6.45, 7) is 4.92. The van der Waals surface area contributed by atoms with Crippen LogP contribution in [0.1, 0.15) is 30.5 Å². The first-order valence-corrected chi connectivity index (χ1v) is 12.3. The Bertz CT molecular complexity index is 1530. The van der Waals surface area contributed by atoms with Crippen molar-refractivity contribution in [2.24, 2.45) is 5.73 Å². The van der Waals surface area contributed by atoms with Crippen LogP contribution in [-0.2, 0) is 30.7 Å². The van der Waals surface area contributed by atoms with Gasteiger partial charge in [-0.3, -0.25) is 4.79 Å². The molecule has 0 radical (unpaired) electrons. The number of carbonyl (C=O) groups is 1. The summed E-state index contributed by atoms with van der Waals surface area (Å²) in [7, 11) is 1.66. The predicted molar refractivity (Wildman–Crippen MR) is 145 cm³/mol. The maximum absolute atomic E-state index is 13.3. The summed E-state index contributed by atoms with van der Waals surface area (Å²) in [5.74, 6) is 0.685. The number of nitrogens with zero attached hydrogens (tertiary/aromatic N) is 2. The third kappa shape index (κ3) is 4.22. The number of aromatic nitrogens is 3. The molecule has 0 fully saturated rings. The number of anilines is 1.